The summed E-state index contributed by atoms with van der Waals surface area (Å²) in [7, 11) is 0. The molecule has 5 heteroatoms. The van der Waals surface area contributed by atoms with E-state index in [0.717, 1.165) is 42.1 Å². The Bertz CT molecular complexity index is 1020. The van der Waals surface area contributed by atoms with Crippen molar-refractivity contribution in [2.45, 2.75) is 52.9 Å². The second-order valence-corrected chi connectivity index (χ2v) is 8.88. The molecule has 1 aliphatic rings. The molecule has 1 saturated heterocycles. The van der Waals surface area contributed by atoms with Crippen molar-refractivity contribution in [2.75, 3.05) is 26.2 Å². The summed E-state index contributed by atoms with van der Waals surface area (Å²) in [5.74, 6) is 0.557. The first-order chi connectivity index (χ1) is 15.1. The number of hydrogen-bond acceptors (Lipinski definition) is 3. The molecule has 0 aliphatic carbocycles. The van der Waals surface area contributed by atoms with Crippen LogP contribution in [0.1, 0.15) is 59.1 Å². The Kier molecular flexibility index (Phi) is 6.81. The molecule has 0 saturated carbocycles. The number of H-pyrrole nitrogens is 2. The summed E-state index contributed by atoms with van der Waals surface area (Å²) >= 11 is 0. The van der Waals surface area contributed by atoms with E-state index in [0.29, 0.717) is 6.61 Å². The van der Waals surface area contributed by atoms with Crippen molar-refractivity contribution in [3.63, 3.8) is 0 Å². The van der Waals surface area contributed by atoms with Gasteiger partial charge in [0.25, 0.3) is 0 Å². The van der Waals surface area contributed by atoms with Crippen molar-refractivity contribution < 1.29 is 9.53 Å². The van der Waals surface area contributed by atoms with E-state index in [1.54, 1.807) is 0 Å². The first-order valence-corrected chi connectivity index (χ1v) is 11.7. The Balaban J connectivity index is 1.24. The molecule has 31 heavy (non-hydrogen) atoms. The molecule has 1 fully saturated rings. The number of benzene rings is 1. The minimum absolute atomic E-state index is 0.205. The molecule has 4 rings (SSSR count). The van der Waals surface area contributed by atoms with Gasteiger partial charge < -0.3 is 19.6 Å². The number of carbonyl (C=O) groups excluding carboxylic acids is 1. The van der Waals surface area contributed by atoms with Gasteiger partial charge >= 0.3 is 5.97 Å². The Hall–Kier alpha value is -2.53. The molecule has 0 spiro atoms. The smallest absolute Gasteiger partial charge is 0.340 e. The van der Waals surface area contributed by atoms with Crippen molar-refractivity contribution >= 4 is 16.9 Å². The normalized spacial score (nSPS) is 15.6. The lowest BCUT2D eigenvalue weighted by Crippen LogP contribution is -2.35. The summed E-state index contributed by atoms with van der Waals surface area (Å²) in [6, 6.07) is 8.56. The fraction of sp³-hybridized carbons (Fsp3) is 0.500. The largest absolute Gasteiger partial charge is 0.462 e. The number of nitrogens with zero attached hydrogens (tertiary/aromatic N) is 1. The van der Waals surface area contributed by atoms with E-state index < -0.39 is 0 Å². The molecular weight excluding hydrogens is 386 g/mol. The average Bonchev–Trinajstić information content (AvgIpc) is 3.31. The van der Waals surface area contributed by atoms with Crippen LogP contribution in [0.15, 0.2) is 30.5 Å². The number of aromatic amines is 2. The van der Waals surface area contributed by atoms with Gasteiger partial charge in [-0.3, -0.25) is 0 Å². The number of aryl methyl sites for hydroxylation is 2. The maximum absolute atomic E-state index is 12.2. The van der Waals surface area contributed by atoms with Crippen LogP contribution in [-0.4, -0.2) is 47.1 Å². The highest BCUT2D eigenvalue weighted by Gasteiger charge is 2.22. The van der Waals surface area contributed by atoms with Gasteiger partial charge in [-0.25, -0.2) is 4.79 Å². The fourth-order valence-corrected chi connectivity index (χ4v) is 5.04. The maximum atomic E-state index is 12.2. The van der Waals surface area contributed by atoms with Crippen LogP contribution in [0.5, 0.6) is 0 Å². The molecule has 0 radical (unpaired) electrons. The quantitative estimate of drug-likeness (QED) is 0.493. The van der Waals surface area contributed by atoms with E-state index in [-0.39, 0.29) is 5.97 Å². The van der Waals surface area contributed by atoms with Crippen LogP contribution in [-0.2, 0) is 17.6 Å². The third-order valence-electron chi connectivity index (χ3n) is 6.90. The van der Waals surface area contributed by atoms with Gasteiger partial charge in [0.05, 0.1) is 12.2 Å². The van der Waals surface area contributed by atoms with Gasteiger partial charge in [0, 0.05) is 35.0 Å². The third-order valence-corrected chi connectivity index (χ3v) is 6.90. The van der Waals surface area contributed by atoms with E-state index >= 15 is 0 Å². The van der Waals surface area contributed by atoms with Gasteiger partial charge in [0.2, 0.25) is 0 Å². The van der Waals surface area contributed by atoms with Crippen LogP contribution < -0.4 is 0 Å². The number of esters is 1. The predicted molar refractivity (Wildman–Crippen MR) is 126 cm³/mol. The summed E-state index contributed by atoms with van der Waals surface area (Å²) in [6.45, 7) is 9.77. The number of hydrogen-bond donors (Lipinski definition) is 2. The third kappa shape index (κ3) is 4.87. The van der Waals surface area contributed by atoms with E-state index in [1.165, 1.54) is 54.5 Å². The highest BCUT2D eigenvalue weighted by molar-refractivity contribution is 5.92. The van der Waals surface area contributed by atoms with Crippen molar-refractivity contribution in [1.29, 1.82) is 0 Å². The number of carbonyl (C=O) groups is 1. The number of rotatable bonds is 8. The second kappa shape index (κ2) is 9.73. The van der Waals surface area contributed by atoms with Crippen molar-refractivity contribution in [3.05, 3.63) is 58.5 Å². The zero-order chi connectivity index (χ0) is 21.8. The second-order valence-electron chi connectivity index (χ2n) is 8.88. The van der Waals surface area contributed by atoms with Gasteiger partial charge in [-0.1, -0.05) is 18.2 Å². The van der Waals surface area contributed by atoms with Crippen LogP contribution in [0.2, 0.25) is 0 Å². The number of piperidine rings is 1. The molecule has 1 aliphatic heterocycles. The number of nitrogens with one attached hydrogen (secondary N) is 2. The number of aromatic nitrogens is 2. The van der Waals surface area contributed by atoms with Crippen LogP contribution in [0.3, 0.4) is 0 Å². The lowest BCUT2D eigenvalue weighted by atomic mass is 9.91. The monoisotopic (exact) mass is 421 g/mol. The molecule has 3 aromatic rings. The van der Waals surface area contributed by atoms with Gasteiger partial charge in [-0.15, -0.1) is 0 Å². The number of fused-ring (bicyclic) bond motifs is 1. The first kappa shape index (κ1) is 21.7. The predicted octanol–water partition coefficient (Wildman–Crippen LogP) is 5.18. The molecule has 0 unspecified atom stereocenters. The van der Waals surface area contributed by atoms with E-state index in [9.17, 15) is 4.79 Å². The Morgan fingerprint density at radius 2 is 1.94 bits per heavy atom. The van der Waals surface area contributed by atoms with E-state index in [2.05, 4.69) is 45.3 Å². The van der Waals surface area contributed by atoms with E-state index in [1.807, 2.05) is 20.8 Å². The Labute approximate surface area is 185 Å². The van der Waals surface area contributed by atoms with Gasteiger partial charge in [0.15, 0.2) is 0 Å². The molecule has 0 atom stereocenters. The molecule has 2 N–H and O–H groups in total. The lowest BCUT2D eigenvalue weighted by molar-refractivity contribution is 0.0525. The first-order valence-electron chi connectivity index (χ1n) is 11.7. The molecule has 2 aromatic heterocycles. The van der Waals surface area contributed by atoms with Crippen LogP contribution in [0.4, 0.5) is 0 Å². The summed E-state index contributed by atoms with van der Waals surface area (Å²) in [5.41, 5.74) is 6.57. The summed E-state index contributed by atoms with van der Waals surface area (Å²) in [4.78, 5) is 21.6. The molecule has 166 valence electrons. The molecule has 0 bridgehead atoms. The highest BCUT2D eigenvalue weighted by atomic mass is 16.5. The summed E-state index contributed by atoms with van der Waals surface area (Å²) in [5, 5.41) is 1.36. The van der Waals surface area contributed by atoms with Crippen molar-refractivity contribution in [1.82, 2.24) is 14.9 Å². The Morgan fingerprint density at radius 1 is 1.16 bits per heavy atom. The molecule has 3 heterocycles. The molecule has 5 nitrogen and oxygen atoms in total. The van der Waals surface area contributed by atoms with Gasteiger partial charge in [0.1, 0.15) is 0 Å². The zero-order valence-electron chi connectivity index (χ0n) is 19.1. The summed E-state index contributed by atoms with van der Waals surface area (Å²) < 4.78 is 5.22. The minimum atomic E-state index is -0.205. The summed E-state index contributed by atoms with van der Waals surface area (Å²) in [6.07, 6.45) is 7.98. The molecule has 1 aromatic carbocycles. The minimum Gasteiger partial charge on any atom is -0.462 e. The van der Waals surface area contributed by atoms with Crippen molar-refractivity contribution in [3.8, 4) is 0 Å². The van der Waals surface area contributed by atoms with E-state index in [4.69, 9.17) is 4.74 Å². The Morgan fingerprint density at radius 3 is 2.71 bits per heavy atom. The van der Waals surface area contributed by atoms with Crippen LogP contribution in [0.25, 0.3) is 10.9 Å². The average molecular weight is 422 g/mol. The SMILES string of the molecule is CCOC(=O)c1c(C)[nH]c(CCC2CCN(CCc3c[nH]c4ccccc34)CC2)c1C. The number of ether oxygens (including phenoxy) is 1. The lowest BCUT2D eigenvalue weighted by Gasteiger charge is -2.32. The maximum Gasteiger partial charge on any atom is 0.340 e. The molecular formula is C26H35N3O2. The molecule has 0 amide bonds. The van der Waals surface area contributed by atoms with Crippen LogP contribution >= 0.6 is 0 Å². The van der Waals surface area contributed by atoms with Gasteiger partial charge in [-0.05, 0) is 89.1 Å². The van der Waals surface area contributed by atoms with Crippen molar-refractivity contribution in [2.24, 2.45) is 5.92 Å². The van der Waals surface area contributed by atoms with Gasteiger partial charge in [-0.2, -0.15) is 0 Å². The number of para-hydroxylation sites is 1. The van der Waals surface area contributed by atoms with Crippen LogP contribution in [0, 0.1) is 19.8 Å². The fourth-order valence-electron chi connectivity index (χ4n) is 5.04. The number of likely N-dealkylation sites (tertiary alicyclic amines) is 1. The zero-order valence-corrected chi connectivity index (χ0v) is 19.1. The standard InChI is InChI=1S/C26H35N3O2/c1-4-31-26(30)25-18(2)23(28-19(25)3)10-9-20-11-14-29(15-12-20)16-13-21-17-27-24-8-6-5-7-22(21)24/h5-8,17,20,27-28H,4,9-16H2,1-3H3. The topological polar surface area (TPSA) is 61.1 Å². The highest BCUT2D eigenvalue weighted by Crippen LogP contribution is 2.26.